The largest absolute Gasteiger partial charge is 0.508 e. The topological polar surface area (TPSA) is 150 Å². The molecule has 0 aromatic carbocycles. The van der Waals surface area contributed by atoms with E-state index in [2.05, 4.69) is 25.7 Å². The molecule has 1 N–H and O–H groups in total. The molecule has 0 rings (SSSR count). The first-order chi connectivity index (χ1) is 32.3. The molecule has 13 heteroatoms. The molecule has 0 atom stereocenters. The maximum atomic E-state index is 12.0. The fourth-order valence-corrected chi connectivity index (χ4v) is 7.92. The van der Waals surface area contributed by atoms with E-state index in [1.807, 2.05) is 4.90 Å². The summed E-state index contributed by atoms with van der Waals surface area (Å²) in [4.78, 5) is 52.2. The van der Waals surface area contributed by atoms with E-state index in [0.717, 1.165) is 116 Å². The number of hydrogen-bond acceptors (Lipinski definition) is 12. The number of ether oxygens (including phenoxy) is 6. The van der Waals surface area contributed by atoms with Gasteiger partial charge in [0, 0.05) is 0 Å². The second-order valence-electron chi connectivity index (χ2n) is 18.3. The molecular formula is C53H102N2O11. The van der Waals surface area contributed by atoms with E-state index in [9.17, 15) is 24.3 Å². The number of nitrogens with zero attached hydrogens (tertiary/aromatic N) is 2. The zero-order chi connectivity index (χ0) is 48.2. The van der Waals surface area contributed by atoms with Crippen LogP contribution in [0.1, 0.15) is 239 Å². The maximum Gasteiger partial charge on any atom is 0.508 e. The Kier molecular flexibility index (Phi) is 49.4. The highest BCUT2D eigenvalue weighted by molar-refractivity contribution is 5.69. The van der Waals surface area contributed by atoms with Crippen LogP contribution in [0.5, 0.6) is 0 Å². The van der Waals surface area contributed by atoms with Gasteiger partial charge in [-0.1, -0.05) is 156 Å². The van der Waals surface area contributed by atoms with E-state index in [0.29, 0.717) is 59.2 Å². The summed E-state index contributed by atoms with van der Waals surface area (Å²) < 4.78 is 31.6. The Labute approximate surface area is 403 Å². The van der Waals surface area contributed by atoms with E-state index in [-0.39, 0.29) is 6.54 Å². The van der Waals surface area contributed by atoms with Gasteiger partial charge in [0.2, 0.25) is 0 Å². The lowest BCUT2D eigenvalue weighted by atomic mass is 10.1. The molecule has 0 radical (unpaired) electrons. The van der Waals surface area contributed by atoms with Gasteiger partial charge in [-0.15, -0.1) is 0 Å². The Morgan fingerprint density at radius 1 is 0.288 bits per heavy atom. The van der Waals surface area contributed by atoms with Crippen molar-refractivity contribution in [3.63, 3.8) is 0 Å². The zero-order valence-electron chi connectivity index (χ0n) is 43.0. The third-order valence-electron chi connectivity index (χ3n) is 12.0. The highest BCUT2D eigenvalue weighted by Gasteiger charge is 2.13. The number of carbonyl (C=O) groups excluding carboxylic acids is 3. The fraction of sp³-hybridized carbons (Fsp3) is 0.925. The smallest absolute Gasteiger partial charge is 0.480 e. The summed E-state index contributed by atoms with van der Waals surface area (Å²) in [5, 5.41) is 9.61. The van der Waals surface area contributed by atoms with Gasteiger partial charge in [-0.05, 0) is 116 Å². The molecule has 0 heterocycles. The van der Waals surface area contributed by atoms with Gasteiger partial charge < -0.3 is 38.4 Å². The molecule has 0 aromatic heterocycles. The normalized spacial score (nSPS) is 11.3. The molecule has 0 saturated carbocycles. The van der Waals surface area contributed by atoms with Crippen LogP contribution in [0.2, 0.25) is 0 Å². The first-order valence-corrected chi connectivity index (χ1v) is 27.4. The number of rotatable bonds is 51. The number of aliphatic carboxylic acids is 1. The van der Waals surface area contributed by atoms with Gasteiger partial charge in [0.25, 0.3) is 0 Å². The van der Waals surface area contributed by atoms with Crippen LogP contribution < -0.4 is 0 Å². The van der Waals surface area contributed by atoms with E-state index >= 15 is 0 Å². The van der Waals surface area contributed by atoms with Crippen molar-refractivity contribution >= 4 is 24.4 Å². The standard InChI is InChI=1S/C53H102N2O11/c1-4-7-10-13-16-19-22-31-43-61-51(58)64-46-34-25-28-38-54(39-29-26-35-47-65-52(59)62-44-32-23-20-17-14-11-8-5-2)41-37-42-55(49-50(56)57)40-30-27-36-48-66-53(60)63-45-33-24-21-18-15-12-9-6-3/h4-49H2,1-3H3,(H,56,57). The van der Waals surface area contributed by atoms with Crippen molar-refractivity contribution < 1.29 is 52.7 Å². The molecule has 0 aliphatic carbocycles. The van der Waals surface area contributed by atoms with Crippen molar-refractivity contribution in [3.8, 4) is 0 Å². The summed E-state index contributed by atoms with van der Waals surface area (Å²) in [7, 11) is 0. The maximum absolute atomic E-state index is 12.0. The minimum Gasteiger partial charge on any atom is -0.480 e. The fourth-order valence-electron chi connectivity index (χ4n) is 7.92. The van der Waals surface area contributed by atoms with Gasteiger partial charge in [-0.3, -0.25) is 9.69 Å². The zero-order valence-corrected chi connectivity index (χ0v) is 43.0. The van der Waals surface area contributed by atoms with Gasteiger partial charge in [0.05, 0.1) is 46.2 Å². The van der Waals surface area contributed by atoms with Crippen LogP contribution in [-0.4, -0.2) is 118 Å². The van der Waals surface area contributed by atoms with E-state index in [1.165, 1.54) is 116 Å². The molecule has 0 spiro atoms. The lowest BCUT2D eigenvalue weighted by Gasteiger charge is -2.25. The van der Waals surface area contributed by atoms with Crippen LogP contribution in [0.25, 0.3) is 0 Å². The van der Waals surface area contributed by atoms with E-state index in [4.69, 9.17) is 28.4 Å². The SMILES string of the molecule is CCCCCCCCCCOC(=O)OCCCCCN(CCCCCOC(=O)OCCCCCCCCCC)CCCN(CCCCCOC(=O)OCCCCCCCCCC)CC(=O)O. The van der Waals surface area contributed by atoms with Crippen molar-refractivity contribution in [2.24, 2.45) is 0 Å². The molecule has 13 nitrogen and oxygen atoms in total. The van der Waals surface area contributed by atoms with Gasteiger partial charge in [-0.2, -0.15) is 0 Å². The third-order valence-corrected chi connectivity index (χ3v) is 12.0. The molecule has 0 saturated heterocycles. The van der Waals surface area contributed by atoms with Crippen LogP contribution in [0.3, 0.4) is 0 Å². The molecule has 0 unspecified atom stereocenters. The Bertz CT molecular complexity index is 1040. The summed E-state index contributed by atoms with van der Waals surface area (Å²) in [6, 6.07) is 0. The van der Waals surface area contributed by atoms with Crippen molar-refractivity contribution in [1.82, 2.24) is 9.80 Å². The number of unbranched alkanes of at least 4 members (excludes halogenated alkanes) is 27. The third kappa shape index (κ3) is 49.1. The van der Waals surface area contributed by atoms with Crippen LogP contribution in [0.4, 0.5) is 14.4 Å². The lowest BCUT2D eigenvalue weighted by molar-refractivity contribution is -0.138. The molecular weight excluding hydrogens is 841 g/mol. The average Bonchev–Trinajstić information content (AvgIpc) is 3.30. The first-order valence-electron chi connectivity index (χ1n) is 27.4. The van der Waals surface area contributed by atoms with Gasteiger partial charge in [-0.25, -0.2) is 14.4 Å². The number of carboxylic acids is 1. The highest BCUT2D eigenvalue weighted by atomic mass is 16.7. The van der Waals surface area contributed by atoms with Crippen molar-refractivity contribution in [2.75, 3.05) is 78.9 Å². The molecule has 0 aliphatic rings. The summed E-state index contributed by atoms with van der Waals surface area (Å²) in [6.07, 6.45) is 35.3. The Hall–Kier alpha value is -2.80. The minimum atomic E-state index is -0.840. The predicted octanol–water partition coefficient (Wildman–Crippen LogP) is 14.5. The molecule has 0 fully saturated rings. The molecule has 0 aliphatic heterocycles. The summed E-state index contributed by atoms with van der Waals surface area (Å²) in [5.74, 6) is -0.840. The number of carboxylic acid groups (broad SMARTS) is 1. The van der Waals surface area contributed by atoms with Crippen LogP contribution >= 0.6 is 0 Å². The van der Waals surface area contributed by atoms with E-state index < -0.39 is 24.4 Å². The second kappa shape index (κ2) is 51.6. The monoisotopic (exact) mass is 943 g/mol. The molecule has 0 bridgehead atoms. The van der Waals surface area contributed by atoms with Crippen molar-refractivity contribution in [3.05, 3.63) is 0 Å². The summed E-state index contributed by atoms with van der Waals surface area (Å²) >= 11 is 0. The summed E-state index contributed by atoms with van der Waals surface area (Å²) in [6.45, 7) is 12.8. The minimum absolute atomic E-state index is 0.00924. The summed E-state index contributed by atoms with van der Waals surface area (Å²) in [5.41, 5.74) is 0. The molecule has 66 heavy (non-hydrogen) atoms. The van der Waals surface area contributed by atoms with Gasteiger partial charge in [0.15, 0.2) is 0 Å². The number of hydrogen-bond donors (Lipinski definition) is 1. The first kappa shape index (κ1) is 63.2. The van der Waals surface area contributed by atoms with Gasteiger partial charge >= 0.3 is 24.4 Å². The van der Waals surface area contributed by atoms with Gasteiger partial charge in [0.1, 0.15) is 0 Å². The Morgan fingerprint density at radius 2 is 0.500 bits per heavy atom. The molecule has 0 amide bonds. The van der Waals surface area contributed by atoms with Crippen LogP contribution in [0.15, 0.2) is 0 Å². The highest BCUT2D eigenvalue weighted by Crippen LogP contribution is 2.12. The second-order valence-corrected chi connectivity index (χ2v) is 18.3. The Balaban J connectivity index is 4.55. The average molecular weight is 943 g/mol. The van der Waals surface area contributed by atoms with Crippen molar-refractivity contribution in [1.29, 1.82) is 0 Å². The van der Waals surface area contributed by atoms with Crippen LogP contribution in [-0.2, 0) is 33.2 Å². The molecule has 390 valence electrons. The van der Waals surface area contributed by atoms with Crippen LogP contribution in [0, 0.1) is 0 Å². The van der Waals surface area contributed by atoms with E-state index in [1.54, 1.807) is 0 Å². The Morgan fingerprint density at radius 3 is 0.773 bits per heavy atom. The number of carbonyl (C=O) groups is 4. The molecule has 0 aromatic rings. The quantitative estimate of drug-likeness (QED) is 0.0350. The van der Waals surface area contributed by atoms with Crippen molar-refractivity contribution in [2.45, 2.75) is 239 Å². The predicted molar refractivity (Wildman–Crippen MR) is 266 cm³/mol. The lowest BCUT2D eigenvalue weighted by Crippen LogP contribution is -2.35.